The van der Waals surface area contributed by atoms with Crippen molar-refractivity contribution < 1.29 is 14.3 Å². The molecular formula is C22H25N5O3. The van der Waals surface area contributed by atoms with Crippen molar-refractivity contribution in [2.75, 3.05) is 19.5 Å². The van der Waals surface area contributed by atoms with Crippen LogP contribution in [0, 0.1) is 0 Å². The van der Waals surface area contributed by atoms with E-state index in [1.807, 2.05) is 32.9 Å². The van der Waals surface area contributed by atoms with Crippen molar-refractivity contribution in [3.63, 3.8) is 0 Å². The lowest BCUT2D eigenvalue weighted by atomic mass is 9.92. The van der Waals surface area contributed by atoms with Crippen LogP contribution in [-0.4, -0.2) is 39.9 Å². The maximum Gasteiger partial charge on any atom is 0.252 e. The summed E-state index contributed by atoms with van der Waals surface area (Å²) in [5.74, 6) is 1.79. The average Bonchev–Trinajstić information content (AvgIpc) is 3.17. The van der Waals surface area contributed by atoms with E-state index in [1.165, 1.54) is 10.8 Å². The number of hydrogen-bond acceptors (Lipinski definition) is 6. The van der Waals surface area contributed by atoms with E-state index in [2.05, 4.69) is 20.4 Å². The van der Waals surface area contributed by atoms with Crippen LogP contribution in [0.2, 0.25) is 0 Å². The first-order chi connectivity index (χ1) is 14.3. The van der Waals surface area contributed by atoms with Crippen LogP contribution in [0.15, 0.2) is 48.8 Å². The molecule has 0 radical (unpaired) electrons. The molecule has 0 fully saturated rings. The fourth-order valence-corrected chi connectivity index (χ4v) is 2.69. The van der Waals surface area contributed by atoms with Crippen LogP contribution in [0.3, 0.4) is 0 Å². The van der Waals surface area contributed by atoms with Crippen molar-refractivity contribution in [3.8, 4) is 17.4 Å². The van der Waals surface area contributed by atoms with Crippen LogP contribution in [0.25, 0.3) is 12.0 Å². The largest absolute Gasteiger partial charge is 0.493 e. The molecule has 0 saturated heterocycles. The molecule has 1 aromatic carbocycles. The number of amides is 1. The second kappa shape index (κ2) is 8.77. The summed E-state index contributed by atoms with van der Waals surface area (Å²) in [7, 11) is 3.14. The van der Waals surface area contributed by atoms with Crippen molar-refractivity contribution in [2.24, 2.45) is 0 Å². The number of benzene rings is 1. The molecule has 0 aliphatic carbocycles. The lowest BCUT2D eigenvalue weighted by Crippen LogP contribution is -2.14. The zero-order chi connectivity index (χ0) is 21.7. The predicted molar refractivity (Wildman–Crippen MR) is 115 cm³/mol. The fourth-order valence-electron chi connectivity index (χ4n) is 2.69. The van der Waals surface area contributed by atoms with Gasteiger partial charge in [0, 0.05) is 30.0 Å². The molecule has 3 aromatic rings. The summed E-state index contributed by atoms with van der Waals surface area (Å²) in [6.45, 7) is 6.15. The molecular weight excluding hydrogens is 382 g/mol. The number of nitrogens with zero attached hydrogens (tertiary/aromatic N) is 4. The van der Waals surface area contributed by atoms with Gasteiger partial charge in [0.25, 0.3) is 5.95 Å². The average molecular weight is 407 g/mol. The maximum absolute atomic E-state index is 12.6. The minimum absolute atomic E-state index is 0.199. The van der Waals surface area contributed by atoms with Crippen LogP contribution < -0.4 is 14.8 Å². The van der Waals surface area contributed by atoms with Crippen LogP contribution >= 0.6 is 0 Å². The van der Waals surface area contributed by atoms with Crippen molar-refractivity contribution in [2.45, 2.75) is 26.2 Å². The Kier molecular flexibility index (Phi) is 6.15. The number of anilines is 1. The maximum atomic E-state index is 12.6. The van der Waals surface area contributed by atoms with Gasteiger partial charge in [-0.25, -0.2) is 9.97 Å². The van der Waals surface area contributed by atoms with Gasteiger partial charge in [-0.05, 0) is 29.8 Å². The summed E-state index contributed by atoms with van der Waals surface area (Å²) in [6, 6.07) is 8.97. The highest BCUT2D eigenvalue weighted by Crippen LogP contribution is 2.28. The minimum Gasteiger partial charge on any atom is -0.493 e. The minimum atomic E-state index is -0.303. The number of hydrogen-bond donors (Lipinski definition) is 1. The van der Waals surface area contributed by atoms with Crippen molar-refractivity contribution in [1.29, 1.82) is 0 Å². The predicted octanol–water partition coefficient (Wildman–Crippen LogP) is 3.63. The molecule has 30 heavy (non-hydrogen) atoms. The lowest BCUT2D eigenvalue weighted by Gasteiger charge is -2.13. The Morgan fingerprint density at radius 1 is 1.07 bits per heavy atom. The Bertz CT molecular complexity index is 1050. The summed E-state index contributed by atoms with van der Waals surface area (Å²) in [4.78, 5) is 21.0. The van der Waals surface area contributed by atoms with Gasteiger partial charge in [0.1, 0.15) is 5.82 Å². The van der Waals surface area contributed by atoms with E-state index < -0.39 is 0 Å². The molecule has 1 amide bonds. The molecule has 2 aromatic heterocycles. The molecule has 2 heterocycles. The Hall–Kier alpha value is -3.68. The number of ether oxygens (including phenoxy) is 2. The molecule has 0 aliphatic heterocycles. The summed E-state index contributed by atoms with van der Waals surface area (Å²) >= 11 is 0. The van der Waals surface area contributed by atoms with Crippen LogP contribution in [0.4, 0.5) is 5.82 Å². The van der Waals surface area contributed by atoms with Gasteiger partial charge in [0.2, 0.25) is 5.91 Å². The molecule has 0 spiro atoms. The number of carbonyl (C=O) groups excluding carboxylic acids is 1. The van der Waals surface area contributed by atoms with Gasteiger partial charge in [-0.3, -0.25) is 4.79 Å². The highest BCUT2D eigenvalue weighted by atomic mass is 16.5. The van der Waals surface area contributed by atoms with E-state index >= 15 is 0 Å². The Morgan fingerprint density at radius 2 is 1.77 bits per heavy atom. The van der Waals surface area contributed by atoms with Gasteiger partial charge in [0.15, 0.2) is 11.5 Å². The van der Waals surface area contributed by atoms with Crippen molar-refractivity contribution in [1.82, 2.24) is 19.7 Å². The van der Waals surface area contributed by atoms with Crippen LogP contribution in [0.1, 0.15) is 32.0 Å². The topological polar surface area (TPSA) is 91.2 Å². The number of methoxy groups -OCH3 is 2. The summed E-state index contributed by atoms with van der Waals surface area (Å²) in [5.41, 5.74) is 1.42. The molecule has 0 bridgehead atoms. The monoisotopic (exact) mass is 407 g/mol. The van der Waals surface area contributed by atoms with Crippen molar-refractivity contribution >= 4 is 17.8 Å². The molecule has 0 unspecified atom stereocenters. The van der Waals surface area contributed by atoms with Crippen molar-refractivity contribution in [3.05, 3.63) is 60.1 Å². The molecule has 0 aliphatic rings. The standard InChI is InChI=1S/C22H25N5O3/c1-22(2,3)18-14-19(27(26-18)21-23-11-6-12-24-21)25-20(28)10-8-15-7-9-16(29-4)17(13-15)30-5/h6-14H,1-5H3,(H,25,28)/b10-8+. The lowest BCUT2D eigenvalue weighted by molar-refractivity contribution is -0.111. The molecule has 0 atom stereocenters. The highest BCUT2D eigenvalue weighted by Gasteiger charge is 2.22. The number of rotatable bonds is 6. The van der Waals surface area contributed by atoms with Crippen LogP contribution in [-0.2, 0) is 10.2 Å². The van der Waals surface area contributed by atoms with Gasteiger partial charge >= 0.3 is 0 Å². The third kappa shape index (κ3) is 4.83. The first kappa shape index (κ1) is 21.0. The highest BCUT2D eigenvalue weighted by molar-refractivity contribution is 6.01. The number of nitrogens with one attached hydrogen (secondary N) is 1. The van der Waals surface area contributed by atoms with E-state index in [0.29, 0.717) is 23.3 Å². The Balaban J connectivity index is 1.84. The fraction of sp³-hybridized carbons (Fsp3) is 0.273. The summed E-state index contributed by atoms with van der Waals surface area (Å²) < 4.78 is 12.1. The van der Waals surface area contributed by atoms with Gasteiger partial charge in [-0.2, -0.15) is 9.78 Å². The van der Waals surface area contributed by atoms with E-state index in [4.69, 9.17) is 9.47 Å². The number of aromatic nitrogens is 4. The summed E-state index contributed by atoms with van der Waals surface area (Å²) in [5, 5.41) is 7.45. The first-order valence-corrected chi connectivity index (χ1v) is 9.41. The molecule has 3 rings (SSSR count). The molecule has 1 N–H and O–H groups in total. The summed E-state index contributed by atoms with van der Waals surface area (Å²) in [6.07, 6.45) is 6.40. The van der Waals surface area contributed by atoms with Crippen LogP contribution in [0.5, 0.6) is 11.5 Å². The quantitative estimate of drug-likeness (QED) is 0.628. The zero-order valence-corrected chi connectivity index (χ0v) is 17.7. The number of carbonyl (C=O) groups is 1. The van der Waals surface area contributed by atoms with E-state index in [9.17, 15) is 4.79 Å². The Morgan fingerprint density at radius 3 is 2.40 bits per heavy atom. The Labute approximate surface area is 175 Å². The second-order valence-corrected chi connectivity index (χ2v) is 7.56. The molecule has 156 valence electrons. The molecule has 8 heteroatoms. The first-order valence-electron chi connectivity index (χ1n) is 9.41. The third-order valence-electron chi connectivity index (χ3n) is 4.31. The SMILES string of the molecule is COc1ccc(/C=C/C(=O)Nc2cc(C(C)(C)C)nn2-c2ncccn2)cc1OC. The van der Waals surface area contributed by atoms with Gasteiger partial charge in [-0.15, -0.1) is 0 Å². The van der Waals surface area contributed by atoms with E-state index in [-0.39, 0.29) is 11.3 Å². The zero-order valence-electron chi connectivity index (χ0n) is 17.7. The van der Waals surface area contributed by atoms with Gasteiger partial charge < -0.3 is 14.8 Å². The van der Waals surface area contributed by atoms with E-state index in [1.54, 1.807) is 50.9 Å². The molecule has 0 saturated carbocycles. The van der Waals surface area contributed by atoms with Gasteiger partial charge in [0.05, 0.1) is 19.9 Å². The van der Waals surface area contributed by atoms with Gasteiger partial charge in [-0.1, -0.05) is 26.8 Å². The normalized spacial score (nSPS) is 11.5. The molecule has 8 nitrogen and oxygen atoms in total. The third-order valence-corrected chi connectivity index (χ3v) is 4.31. The second-order valence-electron chi connectivity index (χ2n) is 7.56. The van der Waals surface area contributed by atoms with E-state index in [0.717, 1.165) is 11.3 Å². The smallest absolute Gasteiger partial charge is 0.252 e.